The van der Waals surface area contributed by atoms with Crippen molar-refractivity contribution in [1.82, 2.24) is 0 Å². The number of nitrogens with zero attached hydrogens (tertiary/aromatic N) is 2. The summed E-state index contributed by atoms with van der Waals surface area (Å²) in [5.74, 6) is -0.824. The number of allylic oxidation sites excluding steroid dienone is 5. The number of carbonyl (C=O) groups is 2. The minimum Gasteiger partial charge on any atom is -0.508 e. The van der Waals surface area contributed by atoms with E-state index in [4.69, 9.17) is 4.74 Å². The number of anilines is 1. The number of methoxy groups -OCH3 is 1. The molecule has 1 aliphatic carbocycles. The van der Waals surface area contributed by atoms with Gasteiger partial charge in [0.05, 0.1) is 13.5 Å². The molecule has 6 rings (SSSR count). The second kappa shape index (κ2) is 14.8. The van der Waals surface area contributed by atoms with Gasteiger partial charge in [0, 0.05) is 46.9 Å². The van der Waals surface area contributed by atoms with Crippen LogP contribution in [0.4, 0.5) is 5.69 Å². The average molecular weight is 660 g/mol. The number of benzene rings is 3. The number of phenolic OH excluding ortho intramolecular Hbond substituents is 1. The summed E-state index contributed by atoms with van der Waals surface area (Å²) < 4.78 is 7.63. The van der Waals surface area contributed by atoms with E-state index in [0.29, 0.717) is 13.0 Å². The third kappa shape index (κ3) is 7.38. The van der Waals surface area contributed by atoms with E-state index in [1.54, 1.807) is 13.2 Å². The molecule has 252 valence electrons. The predicted molar refractivity (Wildman–Crippen MR) is 191 cm³/mol. The Morgan fingerprint density at radius 3 is 2.55 bits per heavy atom. The van der Waals surface area contributed by atoms with Crippen molar-refractivity contribution in [2.75, 3.05) is 18.6 Å². The second-order valence-electron chi connectivity index (χ2n) is 12.9. The molecule has 0 saturated carbocycles. The molecule has 1 aromatic heterocycles. The molecule has 3 N–H and O–H groups in total. The topological polar surface area (TPSA) is 111 Å². The number of aryl methyl sites for hydroxylation is 1. The lowest BCUT2D eigenvalue weighted by Crippen LogP contribution is -2.39. The summed E-state index contributed by atoms with van der Waals surface area (Å²) in [7, 11) is 1.66. The monoisotopic (exact) mass is 659 g/mol. The first-order valence-electron chi connectivity index (χ1n) is 16.9. The van der Waals surface area contributed by atoms with Gasteiger partial charge in [0.25, 0.3) is 0 Å². The van der Waals surface area contributed by atoms with Crippen LogP contribution in [0.15, 0.2) is 108 Å². The van der Waals surface area contributed by atoms with Crippen LogP contribution in [0.3, 0.4) is 0 Å². The summed E-state index contributed by atoms with van der Waals surface area (Å²) in [4.78, 5) is 25.7. The molecule has 8 heteroatoms. The molecule has 0 spiro atoms. The first-order chi connectivity index (χ1) is 23.8. The third-order valence-electron chi connectivity index (χ3n) is 9.71. The minimum absolute atomic E-state index is 0.0128. The fourth-order valence-corrected chi connectivity index (χ4v) is 7.50. The van der Waals surface area contributed by atoms with Crippen molar-refractivity contribution in [1.29, 1.82) is 0 Å². The van der Waals surface area contributed by atoms with Crippen molar-refractivity contribution in [2.24, 2.45) is 0 Å². The van der Waals surface area contributed by atoms with E-state index in [-0.39, 0.29) is 25.1 Å². The Labute approximate surface area is 286 Å². The van der Waals surface area contributed by atoms with E-state index in [9.17, 15) is 24.9 Å². The van der Waals surface area contributed by atoms with Gasteiger partial charge in [0.2, 0.25) is 11.2 Å². The van der Waals surface area contributed by atoms with E-state index >= 15 is 0 Å². The van der Waals surface area contributed by atoms with Gasteiger partial charge in [-0.2, -0.15) is 4.57 Å². The van der Waals surface area contributed by atoms with E-state index in [0.717, 1.165) is 77.0 Å². The number of para-hydroxylation sites is 1. The van der Waals surface area contributed by atoms with Gasteiger partial charge in [-0.05, 0) is 98.2 Å². The number of pyridine rings is 1. The minimum atomic E-state index is -0.883. The summed E-state index contributed by atoms with van der Waals surface area (Å²) in [5.41, 5.74) is 6.43. The van der Waals surface area contributed by atoms with Crippen LogP contribution in [0.5, 0.6) is 11.5 Å². The molecule has 4 aromatic rings. The van der Waals surface area contributed by atoms with Crippen LogP contribution in [-0.2, 0) is 28.0 Å². The number of rotatable bonds is 13. The van der Waals surface area contributed by atoms with Crippen molar-refractivity contribution < 1.29 is 34.2 Å². The lowest BCUT2D eigenvalue weighted by atomic mass is 9.69. The zero-order chi connectivity index (χ0) is 34.4. The van der Waals surface area contributed by atoms with Crippen molar-refractivity contribution >= 4 is 34.6 Å². The summed E-state index contributed by atoms with van der Waals surface area (Å²) in [6, 6.07) is 25.4. The maximum Gasteiger partial charge on any atom is 0.309 e. The molecule has 0 saturated heterocycles. The Morgan fingerprint density at radius 1 is 0.939 bits per heavy atom. The number of hydrogen-bond acceptors (Lipinski definition) is 5. The second-order valence-corrected chi connectivity index (χ2v) is 12.9. The Hall–Kier alpha value is -5.37. The van der Waals surface area contributed by atoms with E-state index in [1.807, 2.05) is 83.4 Å². The molecular formula is C41H43N2O6+. The third-order valence-corrected chi connectivity index (χ3v) is 9.71. The van der Waals surface area contributed by atoms with Crippen molar-refractivity contribution in [2.45, 2.75) is 63.3 Å². The van der Waals surface area contributed by atoms with Crippen LogP contribution in [0.2, 0.25) is 0 Å². The predicted octanol–water partition coefficient (Wildman–Crippen LogP) is 7.58. The van der Waals surface area contributed by atoms with Gasteiger partial charge in [0.15, 0.2) is 6.54 Å². The highest BCUT2D eigenvalue weighted by atomic mass is 16.5. The van der Waals surface area contributed by atoms with Crippen LogP contribution in [0.1, 0.15) is 61.8 Å². The Morgan fingerprint density at radius 2 is 1.78 bits per heavy atom. The molecular weight excluding hydrogens is 616 g/mol. The number of aromatic hydroxyl groups is 1. The van der Waals surface area contributed by atoms with Crippen molar-refractivity contribution in [3.63, 3.8) is 0 Å². The smallest absolute Gasteiger partial charge is 0.309 e. The lowest BCUT2D eigenvalue weighted by molar-refractivity contribution is -0.672. The Balaban J connectivity index is 1.53. The van der Waals surface area contributed by atoms with Gasteiger partial charge in [-0.25, -0.2) is 0 Å². The van der Waals surface area contributed by atoms with Gasteiger partial charge >= 0.3 is 11.9 Å². The fraction of sp³-hybridized carbons (Fsp3) is 0.293. The molecule has 8 nitrogen and oxygen atoms in total. The highest BCUT2D eigenvalue weighted by molar-refractivity contribution is 5.77. The molecule has 2 heterocycles. The molecule has 2 aliphatic rings. The number of ether oxygens (including phenoxy) is 1. The number of hydrogen-bond donors (Lipinski definition) is 3. The van der Waals surface area contributed by atoms with E-state index < -0.39 is 17.4 Å². The highest BCUT2D eigenvalue weighted by Crippen LogP contribution is 2.54. The zero-order valence-corrected chi connectivity index (χ0v) is 27.8. The zero-order valence-electron chi connectivity index (χ0n) is 27.8. The molecule has 0 amide bonds. The van der Waals surface area contributed by atoms with Gasteiger partial charge in [-0.15, -0.1) is 0 Å². The number of phenols is 1. The van der Waals surface area contributed by atoms with Crippen LogP contribution in [0.25, 0.3) is 17.0 Å². The Kier molecular flexibility index (Phi) is 10.1. The summed E-state index contributed by atoms with van der Waals surface area (Å²) in [6.45, 7) is 0.580. The molecule has 0 bridgehead atoms. The number of carboxylic acids is 2. The van der Waals surface area contributed by atoms with Crippen LogP contribution in [0, 0.1) is 0 Å². The molecule has 49 heavy (non-hydrogen) atoms. The normalized spacial score (nSPS) is 18.2. The van der Waals surface area contributed by atoms with E-state index in [2.05, 4.69) is 23.1 Å². The van der Waals surface area contributed by atoms with Crippen LogP contribution < -0.4 is 14.2 Å². The van der Waals surface area contributed by atoms with Crippen molar-refractivity contribution in [3.8, 4) is 11.5 Å². The lowest BCUT2D eigenvalue weighted by Gasteiger charge is -2.36. The summed E-state index contributed by atoms with van der Waals surface area (Å²) in [5, 5.41) is 31.2. The number of fused-ring (bicyclic) bond motifs is 2. The molecule has 1 atom stereocenters. The molecule has 0 fully saturated rings. The average Bonchev–Trinajstić information content (AvgIpc) is 3.33. The standard InChI is InChI=1S/C41H42N2O6/c1-49-34-14-7-11-30(25-34)28-41(27-29-9-3-2-4-10-29)35-26-33(44)19-20-37(35)43(24-22-40(47)48)38(41)16-8-13-32-18-17-31-12-5-6-15-36(31)42(32)23-21-39(45)46/h5-9,11-20,25-26H,2-4,10,21-24,27-28H2,1H3,(H2-,44,45,46,47,48)/p+1. The van der Waals surface area contributed by atoms with Crippen LogP contribution in [-0.4, -0.2) is 40.9 Å². The molecule has 0 radical (unpaired) electrons. The number of aliphatic carboxylic acids is 2. The van der Waals surface area contributed by atoms with Gasteiger partial charge in [-0.1, -0.05) is 42.0 Å². The van der Waals surface area contributed by atoms with Gasteiger partial charge < -0.3 is 25.0 Å². The van der Waals surface area contributed by atoms with Crippen LogP contribution >= 0.6 is 0 Å². The maximum absolute atomic E-state index is 12.0. The fourth-order valence-electron chi connectivity index (χ4n) is 7.50. The maximum atomic E-state index is 12.0. The van der Waals surface area contributed by atoms with Crippen molar-refractivity contribution in [3.05, 3.63) is 125 Å². The number of aromatic nitrogens is 1. The quantitative estimate of drug-likeness (QED) is 0.100. The SMILES string of the molecule is COc1cccc(CC2(CC3=CCCCC3)C(=CC=Cc3ccc4ccccc4[n+]3CCC(=O)O)N(CCC(=O)O)c3ccc(O)cc32)c1. The molecule has 1 unspecified atom stereocenters. The van der Waals surface area contributed by atoms with E-state index in [1.165, 1.54) is 5.57 Å². The summed E-state index contributed by atoms with van der Waals surface area (Å²) in [6.07, 6.45) is 14.0. The van der Waals surface area contributed by atoms with Gasteiger partial charge in [0.1, 0.15) is 17.9 Å². The summed E-state index contributed by atoms with van der Waals surface area (Å²) >= 11 is 0. The molecule has 1 aliphatic heterocycles. The largest absolute Gasteiger partial charge is 0.508 e. The highest BCUT2D eigenvalue weighted by Gasteiger charge is 2.47. The first-order valence-corrected chi connectivity index (χ1v) is 16.9. The van der Waals surface area contributed by atoms with Gasteiger partial charge in [-0.3, -0.25) is 9.59 Å². The molecule has 3 aromatic carbocycles. The number of carboxylic acid groups (broad SMARTS) is 2. The first kappa shape index (κ1) is 33.5. The Bertz CT molecular complexity index is 1960.